The topological polar surface area (TPSA) is 228 Å². The summed E-state index contributed by atoms with van der Waals surface area (Å²) in [5.74, 6) is -7.11. The third-order valence-corrected chi connectivity index (χ3v) is 9.43. The lowest BCUT2D eigenvalue weighted by atomic mass is 9.57. The van der Waals surface area contributed by atoms with Crippen LogP contribution in [0.5, 0.6) is 5.75 Å². The fraction of sp³-hybridized carbons (Fsp3) is 0.267. The van der Waals surface area contributed by atoms with Gasteiger partial charge in [-0.05, 0) is 62.7 Å². The number of aliphatic hydroxyl groups excluding tert-OH is 2. The van der Waals surface area contributed by atoms with Crippen LogP contribution in [0, 0.1) is 11.8 Å². The molecule has 14 nitrogen and oxygen atoms in total. The van der Waals surface area contributed by atoms with Crippen molar-refractivity contribution < 1.29 is 45.1 Å². The summed E-state index contributed by atoms with van der Waals surface area (Å²) in [6, 6.07) is 8.77. The molecule has 234 valence electrons. The molecule has 0 unspecified atom stereocenters. The molecule has 1 saturated carbocycles. The Hall–Kier alpha value is -4.80. The molecule has 4 atom stereocenters. The van der Waals surface area contributed by atoms with Gasteiger partial charge in [-0.3, -0.25) is 19.3 Å². The molecular formula is C30H29N5O9S. The van der Waals surface area contributed by atoms with Gasteiger partial charge in [0.1, 0.15) is 22.8 Å². The largest absolute Gasteiger partial charge is 0.508 e. The number of aromatic hydroxyl groups is 1. The molecule has 3 aliphatic rings. The maximum atomic E-state index is 14.0. The number of anilines is 3. The van der Waals surface area contributed by atoms with E-state index in [4.69, 9.17) is 11.0 Å². The Morgan fingerprint density at radius 3 is 2.62 bits per heavy atom. The monoisotopic (exact) mass is 635 g/mol. The van der Waals surface area contributed by atoms with Gasteiger partial charge in [0.2, 0.25) is 5.78 Å². The lowest BCUT2D eigenvalue weighted by Crippen LogP contribution is -2.65. The van der Waals surface area contributed by atoms with Crippen LogP contribution in [0.15, 0.2) is 58.7 Å². The highest BCUT2D eigenvalue weighted by Gasteiger charge is 2.64. The van der Waals surface area contributed by atoms with Crippen molar-refractivity contribution in [3.63, 3.8) is 0 Å². The van der Waals surface area contributed by atoms with Crippen LogP contribution in [-0.2, 0) is 25.8 Å². The van der Waals surface area contributed by atoms with E-state index in [0.29, 0.717) is 27.8 Å². The van der Waals surface area contributed by atoms with E-state index in [1.165, 1.54) is 22.3 Å². The van der Waals surface area contributed by atoms with E-state index in [9.17, 15) is 34.8 Å². The average molecular weight is 636 g/mol. The average Bonchev–Trinajstić information content (AvgIpc) is 3.45. The van der Waals surface area contributed by atoms with Crippen LogP contribution in [0.1, 0.15) is 17.5 Å². The fourth-order valence-corrected chi connectivity index (χ4v) is 7.47. The number of phenols is 1. The second-order valence-corrected chi connectivity index (χ2v) is 12.2. The van der Waals surface area contributed by atoms with Crippen LogP contribution >= 0.6 is 11.3 Å². The predicted octanol–water partition coefficient (Wildman–Crippen LogP) is 2.65. The predicted molar refractivity (Wildman–Crippen MR) is 162 cm³/mol. The van der Waals surface area contributed by atoms with Crippen molar-refractivity contribution in [2.75, 3.05) is 24.9 Å². The molecule has 45 heavy (non-hydrogen) atoms. The van der Waals surface area contributed by atoms with Crippen molar-refractivity contribution in [1.82, 2.24) is 9.88 Å². The Kier molecular flexibility index (Phi) is 7.37. The van der Waals surface area contributed by atoms with Crippen LogP contribution in [0.3, 0.4) is 0 Å². The summed E-state index contributed by atoms with van der Waals surface area (Å²) in [7, 11) is 3.09. The number of phenolic OH excluding ortho intramolecular Hbond substituents is 1. The van der Waals surface area contributed by atoms with E-state index >= 15 is 0 Å². The maximum Gasteiger partial charge on any atom is 0.255 e. The van der Waals surface area contributed by atoms with Crippen LogP contribution in [0.25, 0.3) is 17.0 Å². The molecule has 1 amide bonds. The summed E-state index contributed by atoms with van der Waals surface area (Å²) >= 11 is 1.30. The Labute approximate surface area is 259 Å². The molecule has 1 aromatic heterocycles. The SMILES string of the molecule is CN(C)[C@@H]1C(=O)C(C(N)=O)=C(O)[C@@]2(O)C(=O)C3=C(O)c4c(O)ccc(Nc5nc(-c6cccc(NOO)c6)cs5)c4C[C@H]3C[C@@H]12. The number of nitrogens with one attached hydrogen (secondary N) is 2. The minimum Gasteiger partial charge on any atom is -0.508 e. The first kappa shape index (κ1) is 30.2. The van der Waals surface area contributed by atoms with E-state index in [0.717, 1.165) is 5.56 Å². The number of benzene rings is 2. The zero-order chi connectivity index (χ0) is 32.4. The number of likely N-dealkylation sites (N-methyl/N-ethyl adjacent to an activating group) is 1. The fourth-order valence-electron chi connectivity index (χ4n) is 6.73. The first-order valence-electron chi connectivity index (χ1n) is 13.8. The number of carbonyl (C=O) groups excluding carboxylic acids is 3. The molecule has 0 spiro atoms. The number of carbonyl (C=O) groups is 3. The number of rotatable bonds is 7. The van der Waals surface area contributed by atoms with Crippen molar-refractivity contribution in [1.29, 1.82) is 0 Å². The summed E-state index contributed by atoms with van der Waals surface area (Å²) in [6.07, 6.45) is 0.0998. The maximum absolute atomic E-state index is 14.0. The normalized spacial score (nSPS) is 24.3. The number of Topliss-reactive ketones (excluding diaryl/α,β-unsaturated/α-hetero) is 2. The number of aliphatic hydroxyl groups is 3. The van der Waals surface area contributed by atoms with Crippen molar-refractivity contribution >= 4 is 51.1 Å². The highest BCUT2D eigenvalue weighted by atomic mass is 32.1. The van der Waals surface area contributed by atoms with Gasteiger partial charge in [0, 0.05) is 28.1 Å². The smallest absolute Gasteiger partial charge is 0.255 e. The van der Waals surface area contributed by atoms with Gasteiger partial charge in [0.25, 0.3) is 5.91 Å². The third kappa shape index (κ3) is 4.63. The molecule has 9 N–H and O–H groups in total. The Balaban J connectivity index is 1.40. The highest BCUT2D eigenvalue weighted by molar-refractivity contribution is 7.14. The molecule has 3 aromatic rings. The van der Waals surface area contributed by atoms with Crippen LogP contribution in [0.4, 0.5) is 16.5 Å². The van der Waals surface area contributed by atoms with E-state index in [1.807, 2.05) is 11.4 Å². The molecule has 0 saturated heterocycles. The molecule has 3 aliphatic carbocycles. The number of aromatic nitrogens is 1. The van der Waals surface area contributed by atoms with Crippen LogP contribution in [-0.4, -0.2) is 78.8 Å². The zero-order valence-corrected chi connectivity index (χ0v) is 24.8. The third-order valence-electron chi connectivity index (χ3n) is 8.67. The number of nitrogens with two attached hydrogens (primary N) is 1. The molecular weight excluding hydrogens is 606 g/mol. The number of amides is 1. The molecule has 0 aliphatic heterocycles. The number of nitrogens with zero attached hydrogens (tertiary/aromatic N) is 2. The summed E-state index contributed by atoms with van der Waals surface area (Å²) in [6.45, 7) is 0. The number of hydrogen-bond acceptors (Lipinski definition) is 14. The van der Waals surface area contributed by atoms with Gasteiger partial charge in [-0.2, -0.15) is 0 Å². The van der Waals surface area contributed by atoms with Gasteiger partial charge in [0.15, 0.2) is 16.5 Å². The standard InChI is InChI=1S/C30H29N5O9S/c1-35(2)23-16-10-13-9-15-17(32-29-33-18(11-45-29)12-4-3-5-14(8-12)34-44-43)6-7-19(36)21(15)24(37)20(13)26(39)30(16,42)27(40)22(25(23)38)28(31)41/h3-8,11,13,16,23,34,36-37,40,42-43H,9-10H2,1-2H3,(H2,31,41)(H,32,33)/t13-,16-,23-,30-/m0/s1. The molecule has 1 fully saturated rings. The summed E-state index contributed by atoms with van der Waals surface area (Å²) in [4.78, 5) is 49.5. The van der Waals surface area contributed by atoms with Gasteiger partial charge >= 0.3 is 0 Å². The second kappa shape index (κ2) is 11.0. The molecule has 2 aromatic carbocycles. The van der Waals surface area contributed by atoms with Crippen LogP contribution < -0.4 is 16.5 Å². The summed E-state index contributed by atoms with van der Waals surface area (Å²) in [5.41, 5.74) is 6.72. The lowest BCUT2D eigenvalue weighted by molar-refractivity contribution is -0.215. The van der Waals surface area contributed by atoms with E-state index in [1.54, 1.807) is 38.4 Å². The lowest BCUT2D eigenvalue weighted by Gasteiger charge is -2.50. The molecule has 0 radical (unpaired) electrons. The van der Waals surface area contributed by atoms with Gasteiger partial charge in [-0.25, -0.2) is 15.7 Å². The van der Waals surface area contributed by atoms with Crippen molar-refractivity contribution in [2.45, 2.75) is 24.5 Å². The Morgan fingerprint density at radius 2 is 1.93 bits per heavy atom. The number of primary amides is 1. The van der Waals surface area contributed by atoms with Gasteiger partial charge in [-0.15, -0.1) is 16.3 Å². The van der Waals surface area contributed by atoms with Crippen molar-refractivity contribution in [3.8, 4) is 17.0 Å². The van der Waals surface area contributed by atoms with Crippen molar-refractivity contribution in [3.05, 3.63) is 69.8 Å². The van der Waals surface area contributed by atoms with Gasteiger partial charge in [-0.1, -0.05) is 12.1 Å². The molecule has 15 heteroatoms. The minimum atomic E-state index is -2.70. The minimum absolute atomic E-state index is 0.0236. The zero-order valence-electron chi connectivity index (χ0n) is 23.9. The van der Waals surface area contributed by atoms with Gasteiger partial charge in [0.05, 0.1) is 23.0 Å². The number of thiazole rings is 1. The van der Waals surface area contributed by atoms with E-state index < -0.39 is 58.0 Å². The number of fused-ring (bicyclic) bond motifs is 3. The van der Waals surface area contributed by atoms with E-state index in [2.05, 4.69) is 20.8 Å². The van der Waals surface area contributed by atoms with Gasteiger partial charge < -0.3 is 31.5 Å². The summed E-state index contributed by atoms with van der Waals surface area (Å²) in [5, 5.41) is 59.2. The van der Waals surface area contributed by atoms with Crippen molar-refractivity contribution in [2.24, 2.45) is 17.6 Å². The number of hydrogen-bond donors (Lipinski definition) is 8. The molecule has 1 heterocycles. The Bertz CT molecular complexity index is 1830. The second-order valence-electron chi connectivity index (χ2n) is 11.4. The quantitative estimate of drug-likeness (QED) is 0.0809. The highest BCUT2D eigenvalue weighted by Crippen LogP contribution is 2.53. The van der Waals surface area contributed by atoms with Crippen LogP contribution in [0.2, 0.25) is 0 Å². The van der Waals surface area contributed by atoms with E-state index in [-0.39, 0.29) is 29.7 Å². The first-order valence-corrected chi connectivity index (χ1v) is 14.6. The Morgan fingerprint density at radius 1 is 1.18 bits per heavy atom. The summed E-state index contributed by atoms with van der Waals surface area (Å²) < 4.78 is 0. The number of ketones is 2. The molecule has 6 rings (SSSR count). The first-order chi connectivity index (χ1) is 21.4. The molecule has 0 bridgehead atoms.